The smallest absolute Gasteiger partial charge is 0.266 e. The average molecular weight is 486 g/mol. The van der Waals surface area contributed by atoms with Gasteiger partial charge in [-0.25, -0.2) is 10.1 Å². The van der Waals surface area contributed by atoms with E-state index < -0.39 is 16.8 Å². The second-order valence-corrected chi connectivity index (χ2v) is 8.26. The Morgan fingerprint density at radius 3 is 2.56 bits per heavy atom. The predicted molar refractivity (Wildman–Crippen MR) is 136 cm³/mol. The number of carbonyl (C=O) groups is 2. The molecule has 0 unspecified atom stereocenters. The Kier molecular flexibility index (Phi) is 5.60. The number of nitrogens with one attached hydrogen (secondary N) is 3. The van der Waals surface area contributed by atoms with E-state index in [1.165, 1.54) is 0 Å². The fourth-order valence-electron chi connectivity index (χ4n) is 4.60. The molecule has 0 saturated carbocycles. The Bertz CT molecular complexity index is 1610. The van der Waals surface area contributed by atoms with Gasteiger partial charge in [0.25, 0.3) is 17.8 Å². The number of fused-ring (bicyclic) bond motifs is 2. The van der Waals surface area contributed by atoms with Crippen molar-refractivity contribution in [2.45, 2.75) is 13.0 Å². The van der Waals surface area contributed by atoms with Crippen LogP contribution in [0.2, 0.25) is 0 Å². The highest BCUT2D eigenvalue weighted by Gasteiger charge is 2.35. The van der Waals surface area contributed by atoms with E-state index in [0.717, 1.165) is 21.8 Å². The third-order valence-electron chi connectivity index (χ3n) is 6.06. The zero-order chi connectivity index (χ0) is 25.4. The lowest BCUT2D eigenvalue weighted by molar-refractivity contribution is -0.485. The van der Waals surface area contributed by atoms with Crippen LogP contribution in [-0.4, -0.2) is 38.9 Å². The van der Waals surface area contributed by atoms with Crippen LogP contribution in [0.5, 0.6) is 0 Å². The summed E-state index contributed by atoms with van der Waals surface area (Å²) in [5.74, 6) is -1.23. The zero-order valence-electron chi connectivity index (χ0n) is 18.9. The molecule has 0 saturated heterocycles. The summed E-state index contributed by atoms with van der Waals surface area (Å²) in [6.45, 7) is 0.794. The van der Waals surface area contributed by atoms with Crippen molar-refractivity contribution >= 4 is 56.4 Å². The molecule has 2 amide bonds. The van der Waals surface area contributed by atoms with Crippen LogP contribution in [-0.2, 0) is 16.1 Å². The highest BCUT2D eigenvalue weighted by Crippen LogP contribution is 2.39. The quantitative estimate of drug-likeness (QED) is 0.0500. The second-order valence-electron chi connectivity index (χ2n) is 8.26. The number of hydrogen-bond donors (Lipinski definition) is 5. The van der Waals surface area contributed by atoms with Crippen molar-refractivity contribution < 1.29 is 14.6 Å². The number of para-hydroxylation sites is 2. The number of guanidine groups is 1. The summed E-state index contributed by atoms with van der Waals surface area (Å²) in [5.41, 5.74) is 15.7. The number of benzene rings is 2. The van der Waals surface area contributed by atoms with E-state index in [1.54, 1.807) is 24.5 Å². The van der Waals surface area contributed by atoms with Gasteiger partial charge in [0.15, 0.2) is 5.03 Å². The first kappa shape index (κ1) is 22.7. The number of nitrogens with two attached hydrogens (primary N) is 2. The normalized spacial score (nSPS) is 14.2. The lowest BCUT2D eigenvalue weighted by Crippen LogP contribution is -2.33. The maximum atomic E-state index is 13.1. The van der Waals surface area contributed by atoms with Crippen molar-refractivity contribution in [1.82, 2.24) is 20.2 Å². The SMILES string of the molecule is NC(=N[N+](=O)[O-])NCCCn1cc(C2=C(c3c[nH]c4ccccc34)C(=O)NC2=O)c2cccc(N)c21. The van der Waals surface area contributed by atoms with Crippen LogP contribution < -0.4 is 22.1 Å². The number of aromatic nitrogens is 2. The van der Waals surface area contributed by atoms with Gasteiger partial charge in [0, 0.05) is 52.9 Å². The molecule has 0 radical (unpaired) electrons. The Hall–Kier alpha value is -5.13. The number of hydrogen-bond acceptors (Lipinski definition) is 5. The summed E-state index contributed by atoms with van der Waals surface area (Å²) in [7, 11) is 0. The van der Waals surface area contributed by atoms with E-state index in [-0.39, 0.29) is 11.5 Å². The molecule has 2 aromatic carbocycles. The number of aromatic amines is 1. The van der Waals surface area contributed by atoms with Gasteiger partial charge in [0.1, 0.15) is 5.10 Å². The number of anilines is 1. The number of hydrazone groups is 1. The third kappa shape index (κ3) is 3.90. The second kappa shape index (κ2) is 8.91. The molecule has 12 heteroatoms. The monoisotopic (exact) mass is 486 g/mol. The standard InChI is InChI=1S/C24H22N8O4/c25-17-7-3-6-14-16(12-31(21(14)17)10-4-9-27-24(26)30-32(35)36)20-19(22(33)29-23(20)34)15-11-28-18-8-2-1-5-13(15)18/h1-3,5-8,11-12,28H,4,9-10,25H2,(H3,26,27,30)(H,29,33,34). The van der Waals surface area contributed by atoms with Crippen LogP contribution in [0.4, 0.5) is 5.69 Å². The lowest BCUT2D eigenvalue weighted by atomic mass is 9.95. The van der Waals surface area contributed by atoms with E-state index in [9.17, 15) is 19.7 Å². The fraction of sp³-hybridized carbons (Fsp3) is 0.125. The molecule has 182 valence electrons. The van der Waals surface area contributed by atoms with E-state index in [0.29, 0.717) is 41.9 Å². The first-order valence-electron chi connectivity index (χ1n) is 11.1. The van der Waals surface area contributed by atoms with Gasteiger partial charge in [-0.15, -0.1) is 0 Å². The molecule has 2 aromatic heterocycles. The summed E-state index contributed by atoms with van der Waals surface area (Å²) < 4.78 is 1.90. The molecule has 12 nitrogen and oxygen atoms in total. The number of nitrogen functional groups attached to an aromatic ring is 1. The van der Waals surface area contributed by atoms with Gasteiger partial charge in [0.05, 0.1) is 22.4 Å². The molecule has 5 rings (SSSR count). The molecular formula is C24H22N8O4. The maximum absolute atomic E-state index is 13.1. The number of aryl methyl sites for hydroxylation is 1. The Balaban J connectivity index is 1.58. The Morgan fingerprint density at radius 1 is 1.06 bits per heavy atom. The molecule has 4 aromatic rings. The van der Waals surface area contributed by atoms with Gasteiger partial charge >= 0.3 is 0 Å². The molecule has 1 aliphatic heterocycles. The molecule has 0 spiro atoms. The third-order valence-corrected chi connectivity index (χ3v) is 6.06. The van der Waals surface area contributed by atoms with Gasteiger partial charge in [-0.2, -0.15) is 0 Å². The number of amides is 2. The molecule has 36 heavy (non-hydrogen) atoms. The van der Waals surface area contributed by atoms with E-state index >= 15 is 0 Å². The van der Waals surface area contributed by atoms with Gasteiger partial charge in [-0.05, 0) is 18.6 Å². The van der Waals surface area contributed by atoms with Crippen molar-refractivity contribution in [3.8, 4) is 0 Å². The van der Waals surface area contributed by atoms with Crippen LogP contribution in [0.25, 0.3) is 33.0 Å². The number of imide groups is 1. The van der Waals surface area contributed by atoms with Crippen molar-refractivity contribution in [2.24, 2.45) is 10.8 Å². The fourth-order valence-corrected chi connectivity index (χ4v) is 4.60. The summed E-state index contributed by atoms with van der Waals surface area (Å²) in [6.07, 6.45) is 4.07. The summed E-state index contributed by atoms with van der Waals surface area (Å²) in [6, 6.07) is 13.0. The molecule has 0 bridgehead atoms. The maximum Gasteiger partial charge on any atom is 0.266 e. The molecule has 0 aliphatic carbocycles. The van der Waals surface area contributed by atoms with Gasteiger partial charge in [-0.3, -0.25) is 14.9 Å². The van der Waals surface area contributed by atoms with Crippen LogP contribution >= 0.6 is 0 Å². The summed E-state index contributed by atoms with van der Waals surface area (Å²) in [4.78, 5) is 39.6. The van der Waals surface area contributed by atoms with Crippen LogP contribution in [0.3, 0.4) is 0 Å². The van der Waals surface area contributed by atoms with E-state index in [4.69, 9.17) is 11.5 Å². The number of rotatable bonds is 7. The minimum Gasteiger partial charge on any atom is -0.397 e. The predicted octanol–water partition coefficient (Wildman–Crippen LogP) is 1.76. The van der Waals surface area contributed by atoms with Gasteiger partial charge in [0.2, 0.25) is 0 Å². The Labute approximate surface area is 203 Å². The minimum atomic E-state index is -0.873. The molecule has 1 aliphatic rings. The molecule has 0 atom stereocenters. The van der Waals surface area contributed by atoms with Crippen LogP contribution in [0.15, 0.2) is 60.0 Å². The molecule has 3 heterocycles. The lowest BCUT2D eigenvalue weighted by Gasteiger charge is -2.07. The van der Waals surface area contributed by atoms with Crippen LogP contribution in [0, 0.1) is 10.1 Å². The average Bonchev–Trinajstić information content (AvgIpc) is 3.49. The van der Waals surface area contributed by atoms with Crippen molar-refractivity contribution in [2.75, 3.05) is 12.3 Å². The first-order chi connectivity index (χ1) is 17.3. The number of nitrogens with zero attached hydrogens (tertiary/aromatic N) is 3. The highest BCUT2D eigenvalue weighted by molar-refractivity contribution is 6.50. The van der Waals surface area contributed by atoms with Crippen molar-refractivity contribution in [1.29, 1.82) is 0 Å². The molecule has 7 N–H and O–H groups in total. The largest absolute Gasteiger partial charge is 0.397 e. The highest BCUT2D eigenvalue weighted by atomic mass is 16.7. The minimum absolute atomic E-state index is 0.277. The van der Waals surface area contributed by atoms with Crippen LogP contribution in [0.1, 0.15) is 17.5 Å². The van der Waals surface area contributed by atoms with E-state index in [2.05, 4.69) is 20.7 Å². The summed E-state index contributed by atoms with van der Waals surface area (Å²) in [5, 5.41) is 19.2. The van der Waals surface area contributed by atoms with Crippen molar-refractivity contribution in [3.63, 3.8) is 0 Å². The van der Waals surface area contributed by atoms with Gasteiger partial charge < -0.3 is 26.3 Å². The summed E-state index contributed by atoms with van der Waals surface area (Å²) >= 11 is 0. The molecular weight excluding hydrogens is 464 g/mol. The topological polar surface area (TPSA) is 186 Å². The van der Waals surface area contributed by atoms with Gasteiger partial charge in [-0.1, -0.05) is 30.3 Å². The van der Waals surface area contributed by atoms with Crippen molar-refractivity contribution in [3.05, 3.63) is 76.1 Å². The Morgan fingerprint density at radius 2 is 1.78 bits per heavy atom. The number of carbonyl (C=O) groups excluding carboxylic acids is 2. The zero-order valence-corrected chi connectivity index (χ0v) is 18.9. The van der Waals surface area contributed by atoms with E-state index in [1.807, 2.05) is 34.9 Å². The number of nitro groups is 1. The number of H-pyrrole nitrogens is 1. The first-order valence-corrected chi connectivity index (χ1v) is 11.1. The molecule has 0 fully saturated rings.